The number of carbonyl (C=O) groups excluding carboxylic acids is 1. The number of allylic oxidation sites excluding steroid dienone is 1. The standard InChI is InChI=1S/C15H17NO3/c1-8-5-9(2)14(10(3)6-8)16-11(4)12(15(18)19)7-13(16)17/h5-6H,7H2,1-4H3,(H,18,19). The zero-order chi connectivity index (χ0) is 14.3. The second-order valence-electron chi connectivity index (χ2n) is 5.02. The Kier molecular flexibility index (Phi) is 3.18. The number of aryl methyl sites for hydroxylation is 3. The Balaban J connectivity index is 2.60. The predicted molar refractivity (Wildman–Crippen MR) is 73.1 cm³/mol. The van der Waals surface area contributed by atoms with Gasteiger partial charge in [0.25, 0.3) is 0 Å². The monoisotopic (exact) mass is 259 g/mol. The number of nitrogens with zero attached hydrogens (tertiary/aromatic N) is 1. The van der Waals surface area contributed by atoms with Crippen molar-refractivity contribution in [1.82, 2.24) is 0 Å². The number of anilines is 1. The van der Waals surface area contributed by atoms with Crippen molar-refractivity contribution in [3.63, 3.8) is 0 Å². The number of amides is 1. The van der Waals surface area contributed by atoms with Gasteiger partial charge >= 0.3 is 5.97 Å². The molecule has 1 aliphatic rings. The lowest BCUT2D eigenvalue weighted by Gasteiger charge is -2.23. The number of aliphatic carboxylic acids is 1. The van der Waals surface area contributed by atoms with E-state index in [0.717, 1.165) is 22.4 Å². The lowest BCUT2D eigenvalue weighted by atomic mass is 10.0. The fraction of sp³-hybridized carbons (Fsp3) is 0.333. The molecule has 0 aromatic heterocycles. The van der Waals surface area contributed by atoms with Gasteiger partial charge < -0.3 is 5.11 Å². The van der Waals surface area contributed by atoms with Gasteiger partial charge in [0.05, 0.1) is 17.7 Å². The van der Waals surface area contributed by atoms with Crippen LogP contribution in [-0.4, -0.2) is 17.0 Å². The van der Waals surface area contributed by atoms with Crippen LogP contribution < -0.4 is 4.90 Å². The molecule has 1 aliphatic heterocycles. The molecule has 0 atom stereocenters. The molecule has 1 amide bonds. The second-order valence-corrected chi connectivity index (χ2v) is 5.02. The first-order valence-corrected chi connectivity index (χ1v) is 6.16. The normalized spacial score (nSPS) is 15.4. The topological polar surface area (TPSA) is 57.6 Å². The summed E-state index contributed by atoms with van der Waals surface area (Å²) in [5.74, 6) is -1.19. The summed E-state index contributed by atoms with van der Waals surface area (Å²) in [7, 11) is 0. The molecule has 1 aromatic carbocycles. The average molecular weight is 259 g/mol. The Labute approximate surface area is 112 Å². The maximum Gasteiger partial charge on any atom is 0.333 e. The predicted octanol–water partition coefficient (Wildman–Crippen LogP) is 2.71. The number of carboxylic acids is 1. The fourth-order valence-electron chi connectivity index (χ4n) is 2.73. The summed E-state index contributed by atoms with van der Waals surface area (Å²) >= 11 is 0. The second kappa shape index (κ2) is 4.53. The first-order valence-electron chi connectivity index (χ1n) is 6.16. The number of carbonyl (C=O) groups is 2. The van der Waals surface area contributed by atoms with Crippen LogP contribution in [0.25, 0.3) is 0 Å². The van der Waals surface area contributed by atoms with Crippen molar-refractivity contribution in [2.24, 2.45) is 0 Å². The molecule has 100 valence electrons. The van der Waals surface area contributed by atoms with Crippen LogP contribution in [0.15, 0.2) is 23.4 Å². The summed E-state index contributed by atoms with van der Waals surface area (Å²) in [6.07, 6.45) is -0.0338. The van der Waals surface area contributed by atoms with Crippen LogP contribution in [0.5, 0.6) is 0 Å². The Hall–Kier alpha value is -2.10. The van der Waals surface area contributed by atoms with E-state index < -0.39 is 5.97 Å². The minimum atomic E-state index is -1.02. The molecule has 1 N–H and O–H groups in total. The van der Waals surface area contributed by atoms with Gasteiger partial charge in [0, 0.05) is 5.70 Å². The van der Waals surface area contributed by atoms with Crippen LogP contribution >= 0.6 is 0 Å². The molecule has 2 rings (SSSR count). The van der Waals surface area contributed by atoms with Gasteiger partial charge in [0.1, 0.15) is 0 Å². The third-order valence-electron chi connectivity index (χ3n) is 3.47. The van der Waals surface area contributed by atoms with E-state index in [4.69, 9.17) is 5.11 Å². The summed E-state index contributed by atoms with van der Waals surface area (Å²) in [6, 6.07) is 4.00. The van der Waals surface area contributed by atoms with Crippen molar-refractivity contribution in [2.75, 3.05) is 4.90 Å². The lowest BCUT2D eigenvalue weighted by molar-refractivity contribution is -0.133. The summed E-state index contributed by atoms with van der Waals surface area (Å²) < 4.78 is 0. The van der Waals surface area contributed by atoms with E-state index in [-0.39, 0.29) is 17.9 Å². The molecule has 0 radical (unpaired) electrons. The van der Waals surface area contributed by atoms with Crippen LogP contribution in [0.3, 0.4) is 0 Å². The van der Waals surface area contributed by atoms with Crippen molar-refractivity contribution >= 4 is 17.6 Å². The summed E-state index contributed by atoms with van der Waals surface area (Å²) in [5, 5.41) is 9.11. The Morgan fingerprint density at radius 1 is 1.16 bits per heavy atom. The molecule has 0 saturated carbocycles. The van der Waals surface area contributed by atoms with E-state index in [1.54, 1.807) is 6.92 Å². The van der Waals surface area contributed by atoms with Gasteiger partial charge in [-0.3, -0.25) is 9.69 Å². The molecular formula is C15H17NO3. The van der Waals surface area contributed by atoms with Crippen LogP contribution in [0.1, 0.15) is 30.0 Å². The van der Waals surface area contributed by atoms with Crippen LogP contribution in [0, 0.1) is 20.8 Å². The van der Waals surface area contributed by atoms with Gasteiger partial charge in [-0.1, -0.05) is 17.7 Å². The van der Waals surface area contributed by atoms with E-state index in [9.17, 15) is 9.59 Å². The third kappa shape index (κ3) is 2.14. The van der Waals surface area contributed by atoms with Crippen LogP contribution in [-0.2, 0) is 9.59 Å². The summed E-state index contributed by atoms with van der Waals surface area (Å²) in [4.78, 5) is 24.8. The molecule has 4 nitrogen and oxygen atoms in total. The van der Waals surface area contributed by atoms with E-state index in [1.807, 2.05) is 32.9 Å². The van der Waals surface area contributed by atoms with Gasteiger partial charge in [-0.05, 0) is 38.8 Å². The smallest absolute Gasteiger partial charge is 0.333 e. The molecule has 0 aliphatic carbocycles. The van der Waals surface area contributed by atoms with Gasteiger partial charge in [-0.2, -0.15) is 0 Å². The van der Waals surface area contributed by atoms with Crippen LogP contribution in [0.4, 0.5) is 5.69 Å². The summed E-state index contributed by atoms with van der Waals surface area (Å²) in [5.41, 5.74) is 4.61. The van der Waals surface area contributed by atoms with Crippen molar-refractivity contribution in [3.8, 4) is 0 Å². The number of hydrogen-bond acceptors (Lipinski definition) is 2. The van der Waals surface area contributed by atoms with Gasteiger partial charge in [-0.25, -0.2) is 4.79 Å². The third-order valence-corrected chi connectivity index (χ3v) is 3.47. The highest BCUT2D eigenvalue weighted by Gasteiger charge is 2.33. The molecule has 19 heavy (non-hydrogen) atoms. The molecular weight excluding hydrogens is 242 g/mol. The number of carboxylic acid groups (broad SMARTS) is 1. The zero-order valence-electron chi connectivity index (χ0n) is 11.6. The quantitative estimate of drug-likeness (QED) is 0.888. The first kappa shape index (κ1) is 13.3. The Bertz CT molecular complexity index is 591. The van der Waals surface area contributed by atoms with Crippen molar-refractivity contribution < 1.29 is 14.7 Å². The maximum absolute atomic E-state index is 12.1. The van der Waals surface area contributed by atoms with E-state index >= 15 is 0 Å². The van der Waals surface area contributed by atoms with Crippen LogP contribution in [0.2, 0.25) is 0 Å². The molecule has 0 fully saturated rings. The largest absolute Gasteiger partial charge is 0.478 e. The highest BCUT2D eigenvalue weighted by Crippen LogP contribution is 2.35. The number of hydrogen-bond donors (Lipinski definition) is 1. The molecule has 0 spiro atoms. The number of rotatable bonds is 2. The zero-order valence-corrected chi connectivity index (χ0v) is 11.6. The van der Waals surface area contributed by atoms with Crippen molar-refractivity contribution in [3.05, 3.63) is 40.1 Å². The highest BCUT2D eigenvalue weighted by atomic mass is 16.4. The highest BCUT2D eigenvalue weighted by molar-refractivity contribution is 6.09. The SMILES string of the molecule is CC1=C(C(=O)O)CC(=O)N1c1c(C)cc(C)cc1C. The number of benzene rings is 1. The molecule has 0 bridgehead atoms. The van der Waals surface area contributed by atoms with Crippen molar-refractivity contribution in [1.29, 1.82) is 0 Å². The Morgan fingerprint density at radius 2 is 1.68 bits per heavy atom. The minimum Gasteiger partial charge on any atom is -0.478 e. The van der Waals surface area contributed by atoms with E-state index in [0.29, 0.717) is 5.70 Å². The first-order chi connectivity index (χ1) is 8.82. The molecule has 0 saturated heterocycles. The van der Waals surface area contributed by atoms with E-state index in [2.05, 4.69) is 0 Å². The Morgan fingerprint density at radius 3 is 2.11 bits per heavy atom. The van der Waals surface area contributed by atoms with Crippen molar-refractivity contribution in [2.45, 2.75) is 34.1 Å². The lowest BCUT2D eigenvalue weighted by Crippen LogP contribution is -2.25. The van der Waals surface area contributed by atoms with Gasteiger partial charge in [0.15, 0.2) is 0 Å². The maximum atomic E-state index is 12.1. The fourth-order valence-corrected chi connectivity index (χ4v) is 2.73. The molecule has 0 unspecified atom stereocenters. The summed E-state index contributed by atoms with van der Waals surface area (Å²) in [6.45, 7) is 7.57. The molecule has 1 heterocycles. The molecule has 4 heteroatoms. The van der Waals surface area contributed by atoms with Gasteiger partial charge in [0.2, 0.25) is 5.91 Å². The van der Waals surface area contributed by atoms with Gasteiger partial charge in [-0.15, -0.1) is 0 Å². The van der Waals surface area contributed by atoms with E-state index in [1.165, 1.54) is 4.90 Å². The molecule has 1 aromatic rings. The minimum absolute atomic E-state index is 0.0338. The average Bonchev–Trinajstić information content (AvgIpc) is 2.55.